The Kier molecular flexibility index (Phi) is 5.69. The molecule has 0 bridgehead atoms. The summed E-state index contributed by atoms with van der Waals surface area (Å²) in [5, 5.41) is 9.14. The molecule has 3 heteroatoms. The Morgan fingerprint density at radius 2 is 1.74 bits per heavy atom. The maximum atomic E-state index is 9.14. The Hall–Kier alpha value is -1.69. The van der Waals surface area contributed by atoms with Gasteiger partial charge in [0.1, 0.15) is 5.75 Å². The average molecular weight is 260 g/mol. The molecule has 0 saturated heterocycles. The lowest BCUT2D eigenvalue weighted by atomic mass is 9.97. The Labute approximate surface area is 116 Å². The lowest BCUT2D eigenvalue weighted by molar-refractivity contribution is 0.242. The number of rotatable bonds is 6. The fourth-order valence-electron chi connectivity index (χ4n) is 1.85. The predicted molar refractivity (Wildman–Crippen MR) is 79.4 cm³/mol. The van der Waals surface area contributed by atoms with E-state index in [1.54, 1.807) is 0 Å². The van der Waals surface area contributed by atoms with Gasteiger partial charge in [-0.3, -0.25) is 0 Å². The summed E-state index contributed by atoms with van der Waals surface area (Å²) in [7, 11) is 2.02. The van der Waals surface area contributed by atoms with Crippen LogP contribution in [0.15, 0.2) is 24.3 Å². The Balaban J connectivity index is 2.67. The van der Waals surface area contributed by atoms with Crippen molar-refractivity contribution in [1.29, 1.82) is 5.26 Å². The van der Waals surface area contributed by atoms with Crippen LogP contribution in [-0.2, 0) is 0 Å². The first kappa shape index (κ1) is 15.4. The third-order valence-corrected chi connectivity index (χ3v) is 3.09. The number of hydrogen-bond donors (Lipinski definition) is 0. The van der Waals surface area contributed by atoms with Crippen LogP contribution < -0.4 is 9.64 Å². The first-order valence-electron chi connectivity index (χ1n) is 6.81. The summed E-state index contributed by atoms with van der Waals surface area (Å²) in [5.74, 6) is 1.31. The second kappa shape index (κ2) is 7.04. The van der Waals surface area contributed by atoms with Crippen LogP contribution in [0.1, 0.15) is 27.7 Å². The number of nitriles is 1. The fourth-order valence-corrected chi connectivity index (χ4v) is 1.85. The summed E-state index contributed by atoms with van der Waals surface area (Å²) in [4.78, 5) is 2.12. The van der Waals surface area contributed by atoms with Crippen LogP contribution in [0.5, 0.6) is 5.75 Å². The first-order chi connectivity index (χ1) is 8.93. The molecule has 0 aromatic heterocycles. The van der Waals surface area contributed by atoms with Crippen LogP contribution in [0.2, 0.25) is 0 Å². The molecule has 1 unspecified atom stereocenters. The topological polar surface area (TPSA) is 36.3 Å². The minimum absolute atomic E-state index is 0.0524. The van der Waals surface area contributed by atoms with Crippen molar-refractivity contribution < 1.29 is 4.74 Å². The smallest absolute Gasteiger partial charge is 0.119 e. The van der Waals surface area contributed by atoms with Crippen LogP contribution in [0.25, 0.3) is 0 Å². The highest BCUT2D eigenvalue weighted by Gasteiger charge is 2.15. The molecule has 0 fully saturated rings. The molecule has 1 aromatic carbocycles. The van der Waals surface area contributed by atoms with Gasteiger partial charge >= 0.3 is 0 Å². The van der Waals surface area contributed by atoms with E-state index in [1.807, 2.05) is 45.2 Å². The van der Waals surface area contributed by atoms with E-state index >= 15 is 0 Å². The van der Waals surface area contributed by atoms with Crippen LogP contribution in [0.4, 0.5) is 5.69 Å². The van der Waals surface area contributed by atoms with Gasteiger partial charge in [-0.1, -0.05) is 13.8 Å². The van der Waals surface area contributed by atoms with Crippen LogP contribution in [0.3, 0.4) is 0 Å². The summed E-state index contributed by atoms with van der Waals surface area (Å²) in [5.41, 5.74) is 1.11. The van der Waals surface area contributed by atoms with Crippen LogP contribution >= 0.6 is 0 Å². The SMILES string of the molecule is CC(C)Oc1ccc(N(C)CC(C#N)C(C)C)cc1. The summed E-state index contributed by atoms with van der Waals surface area (Å²) in [6.07, 6.45) is 0.187. The molecule has 0 aliphatic heterocycles. The van der Waals surface area contributed by atoms with E-state index in [4.69, 9.17) is 10.00 Å². The maximum Gasteiger partial charge on any atom is 0.119 e. The van der Waals surface area contributed by atoms with E-state index in [9.17, 15) is 0 Å². The van der Waals surface area contributed by atoms with Crippen LogP contribution in [-0.4, -0.2) is 19.7 Å². The molecule has 0 aliphatic rings. The molecule has 0 amide bonds. The lowest BCUT2D eigenvalue weighted by Crippen LogP contribution is -2.27. The van der Waals surface area contributed by atoms with Gasteiger partial charge in [0.2, 0.25) is 0 Å². The molecule has 0 heterocycles. The van der Waals surface area contributed by atoms with Gasteiger partial charge in [0.05, 0.1) is 18.1 Å². The second-order valence-corrected chi connectivity index (χ2v) is 5.52. The zero-order valence-corrected chi connectivity index (χ0v) is 12.6. The molecule has 1 rings (SSSR count). The summed E-state index contributed by atoms with van der Waals surface area (Å²) >= 11 is 0. The van der Waals surface area contributed by atoms with E-state index < -0.39 is 0 Å². The molecule has 0 aliphatic carbocycles. The zero-order chi connectivity index (χ0) is 14.4. The van der Waals surface area contributed by atoms with Gasteiger partial charge in [-0.2, -0.15) is 5.26 Å². The molecule has 0 spiro atoms. The van der Waals surface area contributed by atoms with Gasteiger partial charge in [0.15, 0.2) is 0 Å². The lowest BCUT2D eigenvalue weighted by Gasteiger charge is -2.24. The fraction of sp³-hybridized carbons (Fsp3) is 0.562. The highest BCUT2D eigenvalue weighted by molar-refractivity contribution is 5.48. The minimum atomic E-state index is 0.0524. The Morgan fingerprint density at radius 3 is 2.16 bits per heavy atom. The molecule has 0 N–H and O–H groups in total. The summed E-state index contributed by atoms with van der Waals surface area (Å²) < 4.78 is 5.62. The monoisotopic (exact) mass is 260 g/mol. The van der Waals surface area contributed by atoms with E-state index in [2.05, 4.69) is 24.8 Å². The number of nitrogens with zero attached hydrogens (tertiary/aromatic N) is 2. The number of hydrogen-bond acceptors (Lipinski definition) is 3. The van der Waals surface area contributed by atoms with Crippen molar-refractivity contribution in [1.82, 2.24) is 0 Å². The van der Waals surface area contributed by atoms with Gasteiger partial charge in [-0.15, -0.1) is 0 Å². The van der Waals surface area contributed by atoms with Crippen molar-refractivity contribution >= 4 is 5.69 Å². The standard InChI is InChI=1S/C16H24N2O/c1-12(2)14(10-17)11-18(5)15-6-8-16(9-7-15)19-13(3)4/h6-9,12-14H,11H2,1-5H3. The van der Waals surface area contributed by atoms with Gasteiger partial charge in [0, 0.05) is 19.3 Å². The molecule has 19 heavy (non-hydrogen) atoms. The average Bonchev–Trinajstić information content (AvgIpc) is 2.35. The van der Waals surface area contributed by atoms with Crippen molar-refractivity contribution in [3.05, 3.63) is 24.3 Å². The summed E-state index contributed by atoms with van der Waals surface area (Å²) in [6, 6.07) is 10.4. The van der Waals surface area contributed by atoms with Gasteiger partial charge in [0.25, 0.3) is 0 Å². The number of anilines is 1. The number of benzene rings is 1. The molecule has 1 atom stereocenters. The zero-order valence-electron chi connectivity index (χ0n) is 12.6. The highest BCUT2D eigenvalue weighted by atomic mass is 16.5. The largest absolute Gasteiger partial charge is 0.491 e. The highest BCUT2D eigenvalue weighted by Crippen LogP contribution is 2.21. The Bertz CT molecular complexity index is 417. The van der Waals surface area contributed by atoms with E-state index in [1.165, 1.54) is 0 Å². The molecule has 3 nitrogen and oxygen atoms in total. The van der Waals surface area contributed by atoms with Crippen molar-refractivity contribution in [2.45, 2.75) is 33.8 Å². The van der Waals surface area contributed by atoms with E-state index in [0.29, 0.717) is 5.92 Å². The van der Waals surface area contributed by atoms with Gasteiger partial charge in [-0.25, -0.2) is 0 Å². The molecule has 0 radical (unpaired) electrons. The number of ether oxygens (including phenoxy) is 1. The van der Waals surface area contributed by atoms with Crippen molar-refractivity contribution in [3.8, 4) is 11.8 Å². The summed E-state index contributed by atoms with van der Waals surface area (Å²) in [6.45, 7) is 8.95. The molecule has 1 aromatic rings. The van der Waals surface area contributed by atoms with Crippen molar-refractivity contribution in [2.75, 3.05) is 18.5 Å². The van der Waals surface area contributed by atoms with Crippen LogP contribution in [0, 0.1) is 23.2 Å². The molecular formula is C16H24N2O. The van der Waals surface area contributed by atoms with Gasteiger partial charge < -0.3 is 9.64 Å². The predicted octanol–water partition coefficient (Wildman–Crippen LogP) is 3.71. The van der Waals surface area contributed by atoms with Crippen molar-refractivity contribution in [3.63, 3.8) is 0 Å². The Morgan fingerprint density at radius 1 is 1.16 bits per heavy atom. The molecule has 104 valence electrons. The maximum absolute atomic E-state index is 9.14. The third kappa shape index (κ3) is 4.82. The first-order valence-corrected chi connectivity index (χ1v) is 6.81. The normalized spacial score (nSPS) is 12.3. The third-order valence-electron chi connectivity index (χ3n) is 3.09. The molecular weight excluding hydrogens is 236 g/mol. The van der Waals surface area contributed by atoms with Gasteiger partial charge in [-0.05, 0) is 44.0 Å². The molecule has 0 saturated carbocycles. The second-order valence-electron chi connectivity index (χ2n) is 5.52. The quantitative estimate of drug-likeness (QED) is 0.782. The van der Waals surface area contributed by atoms with E-state index in [-0.39, 0.29) is 12.0 Å². The van der Waals surface area contributed by atoms with Crippen molar-refractivity contribution in [2.24, 2.45) is 11.8 Å². The van der Waals surface area contributed by atoms with E-state index in [0.717, 1.165) is 18.0 Å². The minimum Gasteiger partial charge on any atom is -0.491 e.